The number of halogens is 1. The molecule has 2 aliphatic rings. The highest BCUT2D eigenvalue weighted by atomic mass is 32.2. The van der Waals surface area contributed by atoms with Gasteiger partial charge in [0.2, 0.25) is 0 Å². The van der Waals surface area contributed by atoms with Crippen molar-refractivity contribution in [3.05, 3.63) is 76.4 Å². The number of likely N-dealkylation sites (tertiary alicyclic amines) is 1. The second kappa shape index (κ2) is 9.59. The van der Waals surface area contributed by atoms with Crippen molar-refractivity contribution in [3.63, 3.8) is 0 Å². The highest BCUT2D eigenvalue weighted by Crippen LogP contribution is 2.46. The van der Waals surface area contributed by atoms with Crippen LogP contribution in [0.2, 0.25) is 0 Å². The van der Waals surface area contributed by atoms with Crippen LogP contribution in [0.15, 0.2) is 59.5 Å². The lowest BCUT2D eigenvalue weighted by Crippen LogP contribution is -2.34. The summed E-state index contributed by atoms with van der Waals surface area (Å²) in [7, 11) is 0. The Morgan fingerprint density at radius 2 is 1.79 bits per heavy atom. The first-order chi connectivity index (χ1) is 14.2. The van der Waals surface area contributed by atoms with Crippen LogP contribution in [0.3, 0.4) is 0 Å². The molecule has 2 aromatic carbocycles. The van der Waals surface area contributed by atoms with Crippen LogP contribution in [0.25, 0.3) is 6.08 Å². The summed E-state index contributed by atoms with van der Waals surface area (Å²) < 4.78 is 13.8. The van der Waals surface area contributed by atoms with Gasteiger partial charge in [0.15, 0.2) is 0 Å². The third-order valence-corrected chi connectivity index (χ3v) is 6.84. The fourth-order valence-electron chi connectivity index (χ4n) is 4.05. The summed E-state index contributed by atoms with van der Waals surface area (Å²) in [4.78, 5) is 18.3. The molecule has 2 fully saturated rings. The Balaban J connectivity index is 1.51. The Kier molecular flexibility index (Phi) is 6.67. The third kappa shape index (κ3) is 5.09. The largest absolute Gasteiger partial charge is 0.322 e. The van der Waals surface area contributed by atoms with Gasteiger partial charge in [-0.15, -0.1) is 0 Å². The van der Waals surface area contributed by atoms with Crippen molar-refractivity contribution >= 4 is 23.7 Å². The summed E-state index contributed by atoms with van der Waals surface area (Å²) >= 11 is 1.53. The maximum absolute atomic E-state index is 13.8. The van der Waals surface area contributed by atoms with Gasteiger partial charge in [0.25, 0.3) is 5.91 Å². The molecular formula is C24H27FN2OS. The summed E-state index contributed by atoms with van der Waals surface area (Å²) in [6, 6.07) is 16.5. The molecule has 1 atom stereocenters. The first-order valence-corrected chi connectivity index (χ1v) is 11.3. The standard InChI is InChI=1S/C24H27FN2OS/c25-21-12-7-11-20(18-21)24-27(16-8-15-26-13-5-2-6-14-26)23(28)22(29-24)17-19-9-3-1-4-10-19/h1,3-4,7,9-12,17-18,24H,2,5-6,8,13-16H2. The number of amides is 1. The summed E-state index contributed by atoms with van der Waals surface area (Å²) in [5.41, 5.74) is 1.86. The highest BCUT2D eigenvalue weighted by Gasteiger charge is 2.36. The number of thioether (sulfide) groups is 1. The fourth-order valence-corrected chi connectivity index (χ4v) is 5.33. The lowest BCUT2D eigenvalue weighted by molar-refractivity contribution is -0.126. The minimum absolute atomic E-state index is 0.0479. The maximum atomic E-state index is 13.8. The molecule has 1 unspecified atom stereocenters. The first-order valence-electron chi connectivity index (χ1n) is 10.4. The van der Waals surface area contributed by atoms with Gasteiger partial charge in [-0.2, -0.15) is 0 Å². The second-order valence-electron chi connectivity index (χ2n) is 7.70. The van der Waals surface area contributed by atoms with Crippen molar-refractivity contribution in [2.45, 2.75) is 31.1 Å². The van der Waals surface area contributed by atoms with Gasteiger partial charge in [-0.25, -0.2) is 4.39 Å². The number of benzene rings is 2. The molecule has 0 saturated carbocycles. The molecule has 0 spiro atoms. The van der Waals surface area contributed by atoms with E-state index >= 15 is 0 Å². The van der Waals surface area contributed by atoms with Crippen molar-refractivity contribution in [2.24, 2.45) is 0 Å². The molecule has 2 saturated heterocycles. The van der Waals surface area contributed by atoms with Crippen LogP contribution in [0.1, 0.15) is 42.2 Å². The molecular weight excluding hydrogens is 383 g/mol. The van der Waals surface area contributed by atoms with Gasteiger partial charge in [-0.3, -0.25) is 4.79 Å². The lowest BCUT2D eigenvalue weighted by Gasteiger charge is -2.28. The number of nitrogens with zero attached hydrogens (tertiary/aromatic N) is 2. The van der Waals surface area contributed by atoms with E-state index in [0.29, 0.717) is 6.54 Å². The van der Waals surface area contributed by atoms with Gasteiger partial charge in [0.05, 0.1) is 4.91 Å². The van der Waals surface area contributed by atoms with Gasteiger partial charge >= 0.3 is 0 Å². The van der Waals surface area contributed by atoms with Crippen LogP contribution < -0.4 is 0 Å². The quantitative estimate of drug-likeness (QED) is 0.603. The smallest absolute Gasteiger partial charge is 0.261 e. The van der Waals surface area contributed by atoms with Crippen LogP contribution >= 0.6 is 11.8 Å². The van der Waals surface area contributed by atoms with Crippen LogP contribution in [0.4, 0.5) is 4.39 Å². The van der Waals surface area contributed by atoms with E-state index in [1.54, 1.807) is 12.1 Å². The monoisotopic (exact) mass is 410 g/mol. The molecule has 1 amide bonds. The highest BCUT2D eigenvalue weighted by molar-refractivity contribution is 8.04. The molecule has 29 heavy (non-hydrogen) atoms. The molecule has 4 rings (SSSR count). The van der Waals surface area contributed by atoms with Crippen molar-refractivity contribution in [2.75, 3.05) is 26.2 Å². The topological polar surface area (TPSA) is 23.6 Å². The number of piperidine rings is 1. The Morgan fingerprint density at radius 3 is 2.55 bits per heavy atom. The Bertz CT molecular complexity index is 864. The van der Waals surface area contributed by atoms with Crippen LogP contribution in [0, 0.1) is 5.82 Å². The first kappa shape index (κ1) is 20.2. The third-order valence-electron chi connectivity index (χ3n) is 5.55. The minimum Gasteiger partial charge on any atom is -0.322 e. The average molecular weight is 411 g/mol. The Labute approximate surface area is 176 Å². The molecule has 2 aromatic rings. The van der Waals surface area contributed by atoms with E-state index in [-0.39, 0.29) is 17.1 Å². The number of carbonyl (C=O) groups excluding carboxylic acids is 1. The van der Waals surface area contributed by atoms with Crippen LogP contribution in [-0.4, -0.2) is 41.9 Å². The summed E-state index contributed by atoms with van der Waals surface area (Å²) in [5, 5.41) is -0.172. The van der Waals surface area contributed by atoms with E-state index in [2.05, 4.69) is 4.90 Å². The zero-order valence-electron chi connectivity index (χ0n) is 16.6. The van der Waals surface area contributed by atoms with E-state index in [4.69, 9.17) is 0 Å². The molecule has 0 aromatic heterocycles. The molecule has 0 aliphatic carbocycles. The molecule has 2 aliphatic heterocycles. The molecule has 2 heterocycles. The van der Waals surface area contributed by atoms with Crippen LogP contribution in [-0.2, 0) is 4.79 Å². The number of rotatable bonds is 6. The minimum atomic E-state index is -0.260. The number of hydrogen-bond donors (Lipinski definition) is 0. The lowest BCUT2D eigenvalue weighted by atomic mass is 10.1. The van der Waals surface area contributed by atoms with Gasteiger partial charge in [0, 0.05) is 6.54 Å². The number of carbonyl (C=O) groups is 1. The van der Waals surface area contributed by atoms with E-state index < -0.39 is 0 Å². The normalized spacial score (nSPS) is 21.8. The summed E-state index contributed by atoms with van der Waals surface area (Å²) in [6.45, 7) is 4.03. The van der Waals surface area contributed by atoms with E-state index in [9.17, 15) is 9.18 Å². The molecule has 5 heteroatoms. The van der Waals surface area contributed by atoms with Gasteiger partial charge < -0.3 is 9.80 Å². The van der Waals surface area contributed by atoms with Gasteiger partial charge in [-0.05, 0) is 68.2 Å². The predicted octanol–water partition coefficient (Wildman–Crippen LogP) is 5.32. The predicted molar refractivity (Wildman–Crippen MR) is 118 cm³/mol. The molecule has 3 nitrogen and oxygen atoms in total. The Hall–Kier alpha value is -2.11. The van der Waals surface area contributed by atoms with Crippen molar-refractivity contribution in [1.29, 1.82) is 0 Å². The molecule has 0 radical (unpaired) electrons. The van der Waals surface area contributed by atoms with E-state index in [0.717, 1.165) is 42.1 Å². The van der Waals surface area contributed by atoms with Crippen molar-refractivity contribution in [3.8, 4) is 0 Å². The van der Waals surface area contributed by atoms with Crippen molar-refractivity contribution < 1.29 is 9.18 Å². The average Bonchev–Trinajstić information content (AvgIpc) is 3.05. The van der Waals surface area contributed by atoms with E-state index in [1.165, 1.54) is 37.1 Å². The van der Waals surface area contributed by atoms with Crippen molar-refractivity contribution in [1.82, 2.24) is 9.80 Å². The molecule has 152 valence electrons. The molecule has 0 bridgehead atoms. The summed E-state index contributed by atoms with van der Waals surface area (Å²) in [5.74, 6) is -0.212. The van der Waals surface area contributed by atoms with Gasteiger partial charge in [0.1, 0.15) is 11.2 Å². The number of hydrogen-bond acceptors (Lipinski definition) is 3. The zero-order chi connectivity index (χ0) is 20.1. The van der Waals surface area contributed by atoms with E-state index in [1.807, 2.05) is 47.4 Å². The summed E-state index contributed by atoms with van der Waals surface area (Å²) in [6.07, 6.45) is 6.76. The SMILES string of the molecule is O=C1C(=Cc2ccccc2)SC(c2cccc(F)c2)N1CCCN1CCCCC1. The fraction of sp³-hybridized carbons (Fsp3) is 0.375. The van der Waals surface area contributed by atoms with Gasteiger partial charge in [-0.1, -0.05) is 60.6 Å². The Morgan fingerprint density at radius 1 is 1.00 bits per heavy atom. The zero-order valence-corrected chi connectivity index (χ0v) is 17.4. The maximum Gasteiger partial charge on any atom is 0.261 e. The molecule has 0 N–H and O–H groups in total. The second-order valence-corrected chi connectivity index (χ2v) is 8.82. The van der Waals surface area contributed by atoms with Crippen LogP contribution in [0.5, 0.6) is 0 Å².